The Labute approximate surface area is 247 Å². The van der Waals surface area contributed by atoms with Crippen LogP contribution >= 0.6 is 23.2 Å². The van der Waals surface area contributed by atoms with Crippen molar-refractivity contribution >= 4 is 50.7 Å². The van der Waals surface area contributed by atoms with E-state index in [1.165, 1.54) is 4.90 Å². The zero-order valence-corrected chi connectivity index (χ0v) is 25.4. The van der Waals surface area contributed by atoms with Crippen LogP contribution in [0.1, 0.15) is 37.0 Å². The number of rotatable bonds is 12. The van der Waals surface area contributed by atoms with Crippen molar-refractivity contribution in [1.29, 1.82) is 0 Å². The zero-order chi connectivity index (χ0) is 29.4. The van der Waals surface area contributed by atoms with Crippen molar-refractivity contribution in [3.63, 3.8) is 0 Å². The van der Waals surface area contributed by atoms with Gasteiger partial charge in [-0.25, -0.2) is 8.42 Å². The Hall–Kier alpha value is -3.07. The molecule has 3 aromatic carbocycles. The monoisotopic (exact) mass is 603 g/mol. The fourth-order valence-electron chi connectivity index (χ4n) is 4.15. The Morgan fingerprint density at radius 2 is 1.57 bits per heavy atom. The van der Waals surface area contributed by atoms with E-state index in [1.807, 2.05) is 51.1 Å². The van der Waals surface area contributed by atoms with Gasteiger partial charge in [-0.15, -0.1) is 0 Å². The van der Waals surface area contributed by atoms with Crippen LogP contribution in [-0.4, -0.2) is 50.0 Å². The van der Waals surface area contributed by atoms with Crippen molar-refractivity contribution in [2.45, 2.75) is 52.2 Å². The molecule has 214 valence electrons. The topological polar surface area (TPSA) is 86.8 Å². The number of benzene rings is 3. The Morgan fingerprint density at radius 1 is 0.925 bits per heavy atom. The number of aryl methyl sites for hydroxylation is 1. The molecule has 7 nitrogen and oxygen atoms in total. The number of sulfonamides is 1. The number of nitrogens with zero attached hydrogens (tertiary/aromatic N) is 2. The lowest BCUT2D eigenvalue weighted by atomic mass is 10.0. The van der Waals surface area contributed by atoms with E-state index in [-0.39, 0.29) is 24.9 Å². The third kappa shape index (κ3) is 8.71. The van der Waals surface area contributed by atoms with Gasteiger partial charge in [0, 0.05) is 19.0 Å². The molecule has 0 saturated heterocycles. The van der Waals surface area contributed by atoms with Gasteiger partial charge < -0.3 is 10.2 Å². The van der Waals surface area contributed by atoms with Gasteiger partial charge in [0.15, 0.2) is 0 Å². The largest absolute Gasteiger partial charge is 0.352 e. The van der Waals surface area contributed by atoms with Gasteiger partial charge in [0.25, 0.3) is 0 Å². The van der Waals surface area contributed by atoms with Crippen molar-refractivity contribution in [3.8, 4) is 0 Å². The molecule has 0 aliphatic carbocycles. The molecule has 0 heterocycles. The van der Waals surface area contributed by atoms with Crippen molar-refractivity contribution in [2.75, 3.05) is 17.1 Å². The van der Waals surface area contributed by atoms with Crippen LogP contribution < -0.4 is 9.62 Å². The number of carbonyl (C=O) groups excluding carboxylic acids is 2. The standard InChI is InChI=1S/C30H35Cl2N3O4S/c1-5-22(3)33-30(37)28(18-23-9-7-6-8-10-23)34(19-24-13-16-26(31)27(32)17-24)29(36)20-35(40(4,38)39)25-14-11-21(2)12-15-25/h6-17,22,28H,5,18-20H2,1-4H3,(H,33,37)/t22-,28-/m1/s1. The predicted octanol–water partition coefficient (Wildman–Crippen LogP) is 5.62. The molecule has 0 unspecified atom stereocenters. The molecule has 2 amide bonds. The molecule has 0 aliphatic heterocycles. The van der Waals surface area contributed by atoms with E-state index < -0.39 is 28.5 Å². The molecule has 3 aromatic rings. The Morgan fingerprint density at radius 3 is 2.15 bits per heavy atom. The lowest BCUT2D eigenvalue weighted by Gasteiger charge is -2.34. The fourth-order valence-corrected chi connectivity index (χ4v) is 5.32. The first kappa shape index (κ1) is 31.5. The zero-order valence-electron chi connectivity index (χ0n) is 23.1. The Bertz CT molecular complexity index is 1420. The summed E-state index contributed by atoms with van der Waals surface area (Å²) in [5, 5.41) is 3.68. The molecule has 1 N–H and O–H groups in total. The third-order valence-electron chi connectivity index (χ3n) is 6.61. The van der Waals surface area contributed by atoms with Gasteiger partial charge in [0.1, 0.15) is 12.6 Å². The summed E-state index contributed by atoms with van der Waals surface area (Å²) in [6, 6.07) is 20.2. The molecule has 0 radical (unpaired) electrons. The second-order valence-corrected chi connectivity index (χ2v) is 12.6. The maximum Gasteiger partial charge on any atom is 0.244 e. The van der Waals surface area contributed by atoms with Crippen molar-refractivity contribution < 1.29 is 18.0 Å². The lowest BCUT2D eigenvalue weighted by molar-refractivity contribution is -0.140. The summed E-state index contributed by atoms with van der Waals surface area (Å²) in [6.45, 7) is 5.29. The molecule has 0 spiro atoms. The van der Waals surface area contributed by atoms with Crippen LogP contribution in [0.3, 0.4) is 0 Å². The smallest absolute Gasteiger partial charge is 0.244 e. The van der Waals surface area contributed by atoms with Gasteiger partial charge in [-0.3, -0.25) is 13.9 Å². The molecule has 10 heteroatoms. The first-order valence-electron chi connectivity index (χ1n) is 13.0. The SMILES string of the molecule is CC[C@@H](C)NC(=O)[C@@H](Cc1ccccc1)N(Cc1ccc(Cl)c(Cl)c1)C(=O)CN(c1ccc(C)cc1)S(C)(=O)=O. The van der Waals surface area contributed by atoms with Crippen molar-refractivity contribution in [1.82, 2.24) is 10.2 Å². The summed E-state index contributed by atoms with van der Waals surface area (Å²) in [5.74, 6) is -0.856. The second-order valence-electron chi connectivity index (χ2n) is 9.90. The number of hydrogen-bond donors (Lipinski definition) is 1. The maximum atomic E-state index is 14.1. The molecule has 0 aliphatic rings. The summed E-state index contributed by atoms with van der Waals surface area (Å²) in [6.07, 6.45) is 2.00. The van der Waals surface area contributed by atoms with Gasteiger partial charge in [-0.05, 0) is 55.7 Å². The maximum absolute atomic E-state index is 14.1. The first-order valence-corrected chi connectivity index (χ1v) is 15.6. The highest BCUT2D eigenvalue weighted by molar-refractivity contribution is 7.92. The highest BCUT2D eigenvalue weighted by Crippen LogP contribution is 2.25. The summed E-state index contributed by atoms with van der Waals surface area (Å²) in [7, 11) is -3.83. The van der Waals surface area contributed by atoms with E-state index in [0.29, 0.717) is 27.7 Å². The third-order valence-corrected chi connectivity index (χ3v) is 8.49. The fraction of sp³-hybridized carbons (Fsp3) is 0.333. The molecular formula is C30H35Cl2N3O4S. The van der Waals surface area contributed by atoms with Crippen LogP contribution in [0, 0.1) is 6.92 Å². The molecule has 0 aromatic heterocycles. The number of anilines is 1. The average Bonchev–Trinajstić information content (AvgIpc) is 2.91. The van der Waals surface area contributed by atoms with Gasteiger partial charge >= 0.3 is 0 Å². The van der Waals surface area contributed by atoms with E-state index >= 15 is 0 Å². The molecule has 0 saturated carbocycles. The molecule has 0 bridgehead atoms. The van der Waals surface area contributed by atoms with Crippen molar-refractivity contribution in [3.05, 3.63) is 99.5 Å². The Balaban J connectivity index is 2.07. The van der Waals surface area contributed by atoms with E-state index in [0.717, 1.165) is 21.7 Å². The highest BCUT2D eigenvalue weighted by Gasteiger charge is 2.33. The van der Waals surface area contributed by atoms with E-state index in [9.17, 15) is 18.0 Å². The normalized spacial score (nSPS) is 12.8. The minimum atomic E-state index is -3.83. The molecule has 40 heavy (non-hydrogen) atoms. The summed E-state index contributed by atoms with van der Waals surface area (Å²) < 4.78 is 26.7. The highest BCUT2D eigenvalue weighted by atomic mass is 35.5. The van der Waals surface area contributed by atoms with Crippen LogP contribution in [0.25, 0.3) is 0 Å². The second kappa shape index (κ2) is 14.0. The molecule has 0 fully saturated rings. The number of nitrogens with one attached hydrogen (secondary N) is 1. The minimum Gasteiger partial charge on any atom is -0.352 e. The van der Waals surface area contributed by atoms with Crippen LogP contribution in [0.15, 0.2) is 72.8 Å². The van der Waals surface area contributed by atoms with Crippen molar-refractivity contribution in [2.24, 2.45) is 0 Å². The van der Waals surface area contributed by atoms with E-state index in [1.54, 1.807) is 42.5 Å². The number of halogens is 2. The Kier molecular flexibility index (Phi) is 11.0. The van der Waals surface area contributed by atoms with Gasteiger partial charge in [0.2, 0.25) is 21.8 Å². The lowest BCUT2D eigenvalue weighted by Crippen LogP contribution is -2.54. The van der Waals surface area contributed by atoms with E-state index in [2.05, 4.69) is 5.32 Å². The van der Waals surface area contributed by atoms with Gasteiger partial charge in [-0.1, -0.05) is 84.2 Å². The van der Waals surface area contributed by atoms with E-state index in [4.69, 9.17) is 23.2 Å². The summed E-state index contributed by atoms with van der Waals surface area (Å²) in [4.78, 5) is 29.2. The molecule has 3 rings (SSSR count). The number of carbonyl (C=O) groups is 2. The quantitative estimate of drug-likeness (QED) is 0.291. The van der Waals surface area contributed by atoms with Gasteiger partial charge in [0.05, 0.1) is 22.0 Å². The number of hydrogen-bond acceptors (Lipinski definition) is 4. The summed E-state index contributed by atoms with van der Waals surface area (Å²) in [5.41, 5.74) is 2.82. The van der Waals surface area contributed by atoms with Crippen LogP contribution in [0.4, 0.5) is 5.69 Å². The number of amides is 2. The van der Waals surface area contributed by atoms with Gasteiger partial charge in [-0.2, -0.15) is 0 Å². The van der Waals surface area contributed by atoms with Crippen LogP contribution in [-0.2, 0) is 32.6 Å². The molecule has 2 atom stereocenters. The first-order chi connectivity index (χ1) is 18.9. The van der Waals surface area contributed by atoms with Crippen LogP contribution in [0.5, 0.6) is 0 Å². The summed E-state index contributed by atoms with van der Waals surface area (Å²) >= 11 is 12.4. The minimum absolute atomic E-state index is 0.0205. The molecular weight excluding hydrogens is 569 g/mol. The predicted molar refractivity (Wildman–Crippen MR) is 162 cm³/mol. The van der Waals surface area contributed by atoms with Crippen LogP contribution in [0.2, 0.25) is 10.0 Å². The average molecular weight is 605 g/mol.